The summed E-state index contributed by atoms with van der Waals surface area (Å²) >= 11 is 0. The van der Waals surface area contributed by atoms with Crippen LogP contribution >= 0.6 is 0 Å². The number of aliphatic hydroxyl groups is 1. The number of carbonyl (C=O) groups excluding carboxylic acids is 1. The van der Waals surface area contributed by atoms with Crippen molar-refractivity contribution < 1.29 is 39.5 Å². The van der Waals surface area contributed by atoms with Gasteiger partial charge in [-0.05, 0) is 12.5 Å². The molecule has 0 heterocycles. The van der Waals surface area contributed by atoms with E-state index in [9.17, 15) is 4.79 Å². The average Bonchev–Trinajstić information content (AvgIpc) is 2.26. The third-order valence-electron chi connectivity index (χ3n) is 2.90. The van der Waals surface area contributed by atoms with Gasteiger partial charge in [-0.3, -0.25) is 4.79 Å². The van der Waals surface area contributed by atoms with E-state index in [1.54, 1.807) is 0 Å². The second-order valence-corrected chi connectivity index (χ2v) is 4.56. The first kappa shape index (κ1) is 20.0. The summed E-state index contributed by atoms with van der Waals surface area (Å²) in [5.41, 5.74) is 0. The van der Waals surface area contributed by atoms with Crippen LogP contribution in [0.25, 0.3) is 0 Å². The molecule has 0 saturated heterocycles. The van der Waals surface area contributed by atoms with Gasteiger partial charge in [0.25, 0.3) is 0 Å². The normalized spacial score (nSPS) is 11.9. The molecule has 0 amide bonds. The van der Waals surface area contributed by atoms with Crippen LogP contribution in [0, 0.1) is 6.92 Å². The summed E-state index contributed by atoms with van der Waals surface area (Å²) in [4.78, 5) is 11.0. The second kappa shape index (κ2) is 14.7. The van der Waals surface area contributed by atoms with Crippen molar-refractivity contribution in [2.45, 2.75) is 77.2 Å². The van der Waals surface area contributed by atoms with E-state index in [1.165, 1.54) is 44.9 Å². The summed E-state index contributed by atoms with van der Waals surface area (Å²) in [6.07, 6.45) is 10.7. The molecule has 0 aromatic rings. The minimum Gasteiger partial charge on any atom is -0.418 e. The van der Waals surface area contributed by atoms with Crippen LogP contribution < -0.4 is 29.6 Å². The smallest absolute Gasteiger partial charge is 0.418 e. The Bertz CT molecular complexity index is 170. The molecule has 0 aliphatic heterocycles. The van der Waals surface area contributed by atoms with Crippen LogP contribution in [-0.4, -0.2) is 17.0 Å². The molecular weight excluding hydrogens is 223 g/mol. The van der Waals surface area contributed by atoms with Crippen molar-refractivity contribution in [2.75, 3.05) is 0 Å². The topological polar surface area (TPSA) is 37.3 Å². The fourth-order valence-corrected chi connectivity index (χ4v) is 1.78. The van der Waals surface area contributed by atoms with E-state index in [1.807, 2.05) is 0 Å². The van der Waals surface area contributed by atoms with Gasteiger partial charge < -0.3 is 12.0 Å². The second-order valence-electron chi connectivity index (χ2n) is 4.56. The molecule has 0 aliphatic rings. The van der Waals surface area contributed by atoms with Crippen LogP contribution in [0.5, 0.6) is 0 Å². The minimum atomic E-state index is -1.02. The SMILES string of the molecule is [CH2-]C(O)C(=O)CCCCCCCCCCC.[Na+]. The molecule has 96 valence electrons. The summed E-state index contributed by atoms with van der Waals surface area (Å²) in [5, 5.41) is 8.88. The van der Waals surface area contributed by atoms with E-state index in [4.69, 9.17) is 5.11 Å². The maximum atomic E-state index is 11.0. The fraction of sp³-hybridized carbons (Fsp3) is 0.857. The molecule has 0 spiro atoms. The minimum absolute atomic E-state index is 0. The molecule has 2 nitrogen and oxygen atoms in total. The summed E-state index contributed by atoms with van der Waals surface area (Å²) in [7, 11) is 0. The number of aliphatic hydroxyl groups excluding tert-OH is 1. The van der Waals surface area contributed by atoms with Crippen molar-refractivity contribution in [1.82, 2.24) is 0 Å². The van der Waals surface area contributed by atoms with Crippen LogP contribution in [0.15, 0.2) is 0 Å². The van der Waals surface area contributed by atoms with Crippen molar-refractivity contribution in [3.63, 3.8) is 0 Å². The predicted octanol–water partition coefficient (Wildman–Crippen LogP) is 0.675. The van der Waals surface area contributed by atoms with E-state index in [0.29, 0.717) is 6.42 Å². The van der Waals surface area contributed by atoms with Gasteiger partial charge in [-0.25, -0.2) is 0 Å². The first-order valence-corrected chi connectivity index (χ1v) is 6.72. The Morgan fingerprint density at radius 1 is 1.00 bits per heavy atom. The summed E-state index contributed by atoms with van der Waals surface area (Å²) in [5.74, 6) is -0.122. The van der Waals surface area contributed by atoms with Gasteiger partial charge in [-0.2, -0.15) is 0 Å². The van der Waals surface area contributed by atoms with E-state index < -0.39 is 6.10 Å². The van der Waals surface area contributed by atoms with Crippen LogP contribution in [-0.2, 0) is 4.79 Å². The van der Waals surface area contributed by atoms with Crippen molar-refractivity contribution in [3.8, 4) is 0 Å². The first-order chi connectivity index (χ1) is 7.68. The molecule has 1 N–H and O–H groups in total. The molecule has 1 atom stereocenters. The average molecular weight is 250 g/mol. The van der Waals surface area contributed by atoms with Crippen molar-refractivity contribution in [2.24, 2.45) is 0 Å². The summed E-state index contributed by atoms with van der Waals surface area (Å²) < 4.78 is 0. The fourth-order valence-electron chi connectivity index (χ4n) is 1.78. The standard InChI is InChI=1S/C14H27O2.Na/c1-3-4-5-6-7-8-9-10-11-12-14(16)13(2)15;/h13,15H,2-12H2,1H3;/q-1;+1. The first-order valence-electron chi connectivity index (χ1n) is 6.72. The maximum Gasteiger partial charge on any atom is 1.00 e. The molecule has 0 fully saturated rings. The van der Waals surface area contributed by atoms with E-state index in [0.717, 1.165) is 12.8 Å². The van der Waals surface area contributed by atoms with Crippen LogP contribution in [0.4, 0.5) is 0 Å². The Morgan fingerprint density at radius 3 is 1.82 bits per heavy atom. The number of hydrogen-bond acceptors (Lipinski definition) is 2. The molecule has 0 radical (unpaired) electrons. The third-order valence-corrected chi connectivity index (χ3v) is 2.90. The third kappa shape index (κ3) is 14.6. The number of rotatable bonds is 11. The van der Waals surface area contributed by atoms with Gasteiger partial charge >= 0.3 is 29.6 Å². The van der Waals surface area contributed by atoms with E-state index in [-0.39, 0.29) is 35.3 Å². The van der Waals surface area contributed by atoms with Gasteiger partial charge in [-0.15, -0.1) is 0 Å². The van der Waals surface area contributed by atoms with Crippen molar-refractivity contribution in [1.29, 1.82) is 0 Å². The van der Waals surface area contributed by atoms with Crippen LogP contribution in [0.2, 0.25) is 0 Å². The zero-order valence-electron chi connectivity index (χ0n) is 11.7. The van der Waals surface area contributed by atoms with E-state index >= 15 is 0 Å². The molecule has 0 rings (SSSR count). The van der Waals surface area contributed by atoms with Gasteiger partial charge in [0.15, 0.2) is 0 Å². The molecule has 0 aromatic heterocycles. The molecule has 0 aliphatic carbocycles. The van der Waals surface area contributed by atoms with E-state index in [2.05, 4.69) is 13.8 Å². The number of hydrogen-bond donors (Lipinski definition) is 1. The number of ketones is 1. The van der Waals surface area contributed by atoms with Crippen LogP contribution in [0.1, 0.15) is 71.1 Å². The quantitative estimate of drug-likeness (QED) is 0.332. The maximum absolute atomic E-state index is 11.0. The molecule has 0 saturated carbocycles. The zero-order valence-corrected chi connectivity index (χ0v) is 13.7. The predicted molar refractivity (Wildman–Crippen MR) is 68.2 cm³/mol. The van der Waals surface area contributed by atoms with Crippen LogP contribution in [0.3, 0.4) is 0 Å². The molecule has 0 bridgehead atoms. The Morgan fingerprint density at radius 2 is 1.41 bits per heavy atom. The van der Waals surface area contributed by atoms with Gasteiger partial charge in [0.05, 0.1) is 0 Å². The number of carbonyl (C=O) groups is 1. The summed E-state index contributed by atoms with van der Waals surface area (Å²) in [6, 6.07) is 0. The van der Waals surface area contributed by atoms with Crippen molar-refractivity contribution in [3.05, 3.63) is 6.92 Å². The number of Topliss-reactive ketones (excluding diaryl/α,β-unsaturated/α-hetero) is 1. The molecule has 17 heavy (non-hydrogen) atoms. The zero-order chi connectivity index (χ0) is 12.2. The molecule has 0 aromatic carbocycles. The van der Waals surface area contributed by atoms with Gasteiger partial charge in [-0.1, -0.05) is 58.3 Å². The Balaban J connectivity index is 0. The Hall–Kier alpha value is 0.630. The summed E-state index contributed by atoms with van der Waals surface area (Å²) in [6.45, 7) is 5.53. The molecule has 1 unspecified atom stereocenters. The van der Waals surface area contributed by atoms with Gasteiger partial charge in [0, 0.05) is 6.42 Å². The largest absolute Gasteiger partial charge is 1.00 e. The molecule has 3 heteroatoms. The molecular formula is C14H27NaO2. The van der Waals surface area contributed by atoms with Crippen molar-refractivity contribution >= 4 is 5.78 Å². The number of unbranched alkanes of at least 4 members (excludes halogenated alkanes) is 8. The Kier molecular flexibility index (Phi) is 17.2. The monoisotopic (exact) mass is 250 g/mol. The Labute approximate surface area is 129 Å². The van der Waals surface area contributed by atoms with Gasteiger partial charge in [0.2, 0.25) is 0 Å². The van der Waals surface area contributed by atoms with Gasteiger partial charge in [0.1, 0.15) is 5.78 Å².